The third-order valence-electron chi connectivity index (χ3n) is 2.22. The Balaban J connectivity index is 2.77. The number of carbonyl (C=O) groups excluding carboxylic acids is 2. The van der Waals surface area contributed by atoms with E-state index in [1.807, 2.05) is 6.92 Å². The first-order valence-electron chi connectivity index (χ1n) is 5.63. The number of hydrogen-bond acceptors (Lipinski definition) is 5. The summed E-state index contributed by atoms with van der Waals surface area (Å²) in [5.41, 5.74) is 0.394. The summed E-state index contributed by atoms with van der Waals surface area (Å²) in [4.78, 5) is 21.9. The Morgan fingerprint density at radius 3 is 2.72 bits per heavy atom. The molecule has 0 spiro atoms. The molecule has 0 aliphatic rings. The van der Waals surface area contributed by atoms with Crippen molar-refractivity contribution < 1.29 is 23.8 Å². The molecule has 1 aromatic carbocycles. The molecule has 0 aliphatic heterocycles. The van der Waals surface area contributed by atoms with Crippen molar-refractivity contribution >= 4 is 12.3 Å². The average molecular weight is 252 g/mol. The molecule has 98 valence electrons. The zero-order chi connectivity index (χ0) is 13.4. The maximum atomic E-state index is 11.0. The minimum absolute atomic E-state index is 0.120. The van der Waals surface area contributed by atoms with Crippen LogP contribution < -0.4 is 9.47 Å². The normalized spacial score (nSPS) is 9.67. The Bertz CT molecular complexity index is 414. The van der Waals surface area contributed by atoms with Crippen LogP contribution in [0.3, 0.4) is 0 Å². The van der Waals surface area contributed by atoms with Crippen molar-refractivity contribution in [3.8, 4) is 11.5 Å². The minimum atomic E-state index is -0.364. The lowest BCUT2D eigenvalue weighted by Gasteiger charge is -2.13. The molecule has 0 saturated carbocycles. The van der Waals surface area contributed by atoms with Gasteiger partial charge in [0, 0.05) is 0 Å². The summed E-state index contributed by atoms with van der Waals surface area (Å²) in [6, 6.07) is 5.05. The first-order chi connectivity index (χ1) is 8.72. The highest BCUT2D eigenvalue weighted by atomic mass is 16.5. The molecule has 0 aromatic heterocycles. The molecular formula is C13H16O5. The van der Waals surface area contributed by atoms with E-state index in [9.17, 15) is 9.59 Å². The number of hydrogen-bond donors (Lipinski definition) is 0. The Hall–Kier alpha value is -2.04. The molecule has 1 aromatic rings. The number of ether oxygens (including phenoxy) is 3. The number of esters is 1. The molecule has 5 nitrogen and oxygen atoms in total. The molecule has 0 fully saturated rings. The van der Waals surface area contributed by atoms with Crippen molar-refractivity contribution in [1.82, 2.24) is 0 Å². The molecule has 18 heavy (non-hydrogen) atoms. The second-order valence-corrected chi connectivity index (χ2v) is 3.40. The van der Waals surface area contributed by atoms with Crippen LogP contribution in [0.25, 0.3) is 0 Å². The molecule has 0 aliphatic carbocycles. The molecule has 5 heteroatoms. The van der Waals surface area contributed by atoms with Crippen LogP contribution in [0.5, 0.6) is 11.5 Å². The molecule has 1 rings (SSSR count). The van der Waals surface area contributed by atoms with Crippen molar-refractivity contribution in [3.63, 3.8) is 0 Å². The van der Waals surface area contributed by atoms with Gasteiger partial charge in [-0.05, 0) is 19.1 Å². The molecule has 0 amide bonds. The van der Waals surface area contributed by atoms with Crippen LogP contribution in [0.2, 0.25) is 0 Å². The minimum Gasteiger partial charge on any atom is -0.490 e. The summed E-state index contributed by atoms with van der Waals surface area (Å²) >= 11 is 0. The number of methoxy groups -OCH3 is 1. The van der Waals surface area contributed by atoms with Gasteiger partial charge in [0.25, 0.3) is 0 Å². The fourth-order valence-electron chi connectivity index (χ4n) is 1.39. The summed E-state index contributed by atoms with van der Waals surface area (Å²) in [6.07, 6.45) is 0.811. The van der Waals surface area contributed by atoms with Gasteiger partial charge in [-0.15, -0.1) is 0 Å². The van der Waals surface area contributed by atoms with Crippen molar-refractivity contribution in [2.75, 3.05) is 20.3 Å². The van der Waals surface area contributed by atoms with Gasteiger partial charge < -0.3 is 14.2 Å². The van der Waals surface area contributed by atoms with Crippen molar-refractivity contribution in [3.05, 3.63) is 23.8 Å². The molecular weight excluding hydrogens is 236 g/mol. The van der Waals surface area contributed by atoms with Crippen LogP contribution in [0.4, 0.5) is 0 Å². The molecule has 0 radical (unpaired) electrons. The van der Waals surface area contributed by atoms with Crippen molar-refractivity contribution in [2.24, 2.45) is 0 Å². The predicted octanol–water partition coefficient (Wildman–Crippen LogP) is 1.84. The van der Waals surface area contributed by atoms with E-state index in [1.165, 1.54) is 7.11 Å². The van der Waals surface area contributed by atoms with Crippen LogP contribution in [0.1, 0.15) is 23.7 Å². The third-order valence-corrected chi connectivity index (χ3v) is 2.22. The number of benzene rings is 1. The van der Waals surface area contributed by atoms with Gasteiger partial charge in [-0.3, -0.25) is 9.59 Å². The summed E-state index contributed by atoms with van der Waals surface area (Å²) in [5, 5.41) is 0. The standard InChI is InChI=1S/C13H16O5/c1-3-17-11-6-4-5-10(9-14)13(11)18-8-7-12(15)16-2/h4-6,9H,3,7-8H2,1-2H3. The topological polar surface area (TPSA) is 61.8 Å². The maximum Gasteiger partial charge on any atom is 0.308 e. The van der Waals surface area contributed by atoms with Gasteiger partial charge in [-0.2, -0.15) is 0 Å². The molecule has 0 unspecified atom stereocenters. The number of aldehydes is 1. The summed E-state index contributed by atoms with van der Waals surface area (Å²) in [6.45, 7) is 2.44. The maximum absolute atomic E-state index is 11.0. The highest BCUT2D eigenvalue weighted by molar-refractivity contribution is 5.81. The fraction of sp³-hybridized carbons (Fsp3) is 0.385. The van der Waals surface area contributed by atoms with E-state index in [4.69, 9.17) is 9.47 Å². The van der Waals surface area contributed by atoms with Gasteiger partial charge in [0.1, 0.15) is 0 Å². The highest BCUT2D eigenvalue weighted by Crippen LogP contribution is 2.30. The van der Waals surface area contributed by atoms with E-state index in [0.29, 0.717) is 30.0 Å². The van der Waals surface area contributed by atoms with Crippen molar-refractivity contribution in [2.45, 2.75) is 13.3 Å². The highest BCUT2D eigenvalue weighted by Gasteiger charge is 2.11. The lowest BCUT2D eigenvalue weighted by Crippen LogP contribution is -2.09. The lowest BCUT2D eigenvalue weighted by atomic mass is 10.2. The van der Waals surface area contributed by atoms with Gasteiger partial charge in [0.15, 0.2) is 17.8 Å². The molecule has 0 bridgehead atoms. The van der Waals surface area contributed by atoms with E-state index < -0.39 is 0 Å². The van der Waals surface area contributed by atoms with Crippen LogP contribution in [0.15, 0.2) is 18.2 Å². The summed E-state index contributed by atoms with van der Waals surface area (Å²) in [5.74, 6) is 0.488. The Morgan fingerprint density at radius 2 is 2.11 bits per heavy atom. The van der Waals surface area contributed by atoms with Crippen LogP contribution >= 0.6 is 0 Å². The smallest absolute Gasteiger partial charge is 0.308 e. The Kier molecular flexibility index (Phi) is 5.70. The fourth-order valence-corrected chi connectivity index (χ4v) is 1.39. The van der Waals surface area contributed by atoms with Gasteiger partial charge in [0.05, 0.1) is 32.3 Å². The lowest BCUT2D eigenvalue weighted by molar-refractivity contribution is -0.141. The molecule has 0 saturated heterocycles. The van der Waals surface area contributed by atoms with E-state index in [1.54, 1.807) is 18.2 Å². The number of para-hydroxylation sites is 1. The van der Waals surface area contributed by atoms with Gasteiger partial charge in [-0.25, -0.2) is 0 Å². The van der Waals surface area contributed by atoms with E-state index in [-0.39, 0.29) is 19.0 Å². The summed E-state index contributed by atoms with van der Waals surface area (Å²) < 4.78 is 15.3. The van der Waals surface area contributed by atoms with Gasteiger partial charge in [-0.1, -0.05) is 6.07 Å². The van der Waals surface area contributed by atoms with E-state index in [0.717, 1.165) is 0 Å². The number of rotatable bonds is 7. The Morgan fingerprint density at radius 1 is 1.33 bits per heavy atom. The first-order valence-corrected chi connectivity index (χ1v) is 5.63. The SMILES string of the molecule is CCOc1cccc(C=O)c1OCCC(=O)OC. The third kappa shape index (κ3) is 3.76. The predicted molar refractivity (Wildman–Crippen MR) is 65.1 cm³/mol. The van der Waals surface area contributed by atoms with Crippen LogP contribution in [-0.2, 0) is 9.53 Å². The van der Waals surface area contributed by atoms with Crippen LogP contribution in [-0.4, -0.2) is 32.6 Å². The average Bonchev–Trinajstić information content (AvgIpc) is 2.40. The van der Waals surface area contributed by atoms with Gasteiger partial charge >= 0.3 is 5.97 Å². The second-order valence-electron chi connectivity index (χ2n) is 3.40. The summed E-state index contributed by atoms with van der Waals surface area (Å²) in [7, 11) is 1.31. The largest absolute Gasteiger partial charge is 0.490 e. The van der Waals surface area contributed by atoms with E-state index >= 15 is 0 Å². The van der Waals surface area contributed by atoms with Crippen LogP contribution in [0, 0.1) is 0 Å². The second kappa shape index (κ2) is 7.32. The van der Waals surface area contributed by atoms with E-state index in [2.05, 4.69) is 4.74 Å². The first kappa shape index (κ1) is 14.0. The molecule has 0 N–H and O–H groups in total. The van der Waals surface area contributed by atoms with Crippen molar-refractivity contribution in [1.29, 1.82) is 0 Å². The number of carbonyl (C=O) groups is 2. The molecule has 0 heterocycles. The molecule has 0 atom stereocenters. The quantitative estimate of drug-likeness (QED) is 0.547. The Labute approximate surface area is 106 Å². The zero-order valence-corrected chi connectivity index (χ0v) is 10.5. The monoisotopic (exact) mass is 252 g/mol. The van der Waals surface area contributed by atoms with Gasteiger partial charge in [0.2, 0.25) is 0 Å². The zero-order valence-electron chi connectivity index (χ0n) is 10.5.